The maximum Gasteiger partial charge on any atom is 0.191 e. The van der Waals surface area contributed by atoms with E-state index in [2.05, 4.69) is 55.8 Å². The van der Waals surface area contributed by atoms with Crippen LogP contribution in [0.1, 0.15) is 24.8 Å². The molecule has 1 atom stereocenters. The molecule has 1 unspecified atom stereocenters. The molecular formula is C23H31ClIN5O. The SMILES string of the molecule is CN=C(NCC1(c2ccccc2)CCOCC1)NC1CCN(c2ncccc2Cl)C1.I. The fourth-order valence-electron chi connectivity index (χ4n) is 4.44. The summed E-state index contributed by atoms with van der Waals surface area (Å²) in [6.07, 6.45) is 4.83. The Balaban J connectivity index is 0.00000272. The van der Waals surface area contributed by atoms with E-state index in [9.17, 15) is 0 Å². The van der Waals surface area contributed by atoms with Crippen LogP contribution in [-0.2, 0) is 10.2 Å². The van der Waals surface area contributed by atoms with Crippen molar-refractivity contribution in [3.63, 3.8) is 0 Å². The molecule has 0 saturated carbocycles. The molecule has 2 aliphatic heterocycles. The topological polar surface area (TPSA) is 61.8 Å². The van der Waals surface area contributed by atoms with Crippen LogP contribution >= 0.6 is 35.6 Å². The summed E-state index contributed by atoms with van der Waals surface area (Å²) < 4.78 is 5.65. The first-order chi connectivity index (χ1) is 14.7. The van der Waals surface area contributed by atoms with Crippen LogP contribution in [0.3, 0.4) is 0 Å². The number of hydrogen-bond acceptors (Lipinski definition) is 4. The van der Waals surface area contributed by atoms with Gasteiger partial charge < -0.3 is 20.3 Å². The van der Waals surface area contributed by atoms with Gasteiger partial charge in [0.2, 0.25) is 0 Å². The van der Waals surface area contributed by atoms with Crippen LogP contribution in [0.25, 0.3) is 0 Å². The highest BCUT2D eigenvalue weighted by molar-refractivity contribution is 14.0. The van der Waals surface area contributed by atoms with E-state index in [1.165, 1.54) is 5.56 Å². The van der Waals surface area contributed by atoms with Crippen LogP contribution in [0.4, 0.5) is 5.82 Å². The Labute approximate surface area is 206 Å². The predicted molar refractivity (Wildman–Crippen MR) is 138 cm³/mol. The Morgan fingerprint density at radius 3 is 2.71 bits per heavy atom. The molecule has 3 heterocycles. The lowest BCUT2D eigenvalue weighted by atomic mass is 9.74. The van der Waals surface area contributed by atoms with E-state index in [0.29, 0.717) is 11.1 Å². The fraction of sp³-hybridized carbons (Fsp3) is 0.478. The van der Waals surface area contributed by atoms with Crippen molar-refractivity contribution in [3.8, 4) is 0 Å². The normalized spacial score (nSPS) is 20.8. The Bertz CT molecular complexity index is 860. The molecule has 2 aromatic rings. The average Bonchev–Trinajstić information content (AvgIpc) is 3.26. The highest BCUT2D eigenvalue weighted by atomic mass is 127. The summed E-state index contributed by atoms with van der Waals surface area (Å²) in [5, 5.41) is 7.88. The number of halogens is 2. The summed E-state index contributed by atoms with van der Waals surface area (Å²) >= 11 is 6.32. The smallest absolute Gasteiger partial charge is 0.191 e. The van der Waals surface area contributed by atoms with Gasteiger partial charge in [0, 0.05) is 57.5 Å². The van der Waals surface area contributed by atoms with E-state index >= 15 is 0 Å². The maximum atomic E-state index is 6.32. The number of aliphatic imine (C=N–C) groups is 1. The Kier molecular flexibility index (Phi) is 8.80. The summed E-state index contributed by atoms with van der Waals surface area (Å²) in [4.78, 5) is 11.2. The van der Waals surface area contributed by atoms with Gasteiger partial charge in [-0.05, 0) is 37.0 Å². The summed E-state index contributed by atoms with van der Waals surface area (Å²) in [6, 6.07) is 14.8. The number of nitrogens with one attached hydrogen (secondary N) is 2. The third kappa shape index (κ3) is 5.81. The monoisotopic (exact) mass is 555 g/mol. The molecule has 2 N–H and O–H groups in total. The molecule has 1 aromatic heterocycles. The van der Waals surface area contributed by atoms with Gasteiger partial charge in [-0.15, -0.1) is 24.0 Å². The first kappa shape index (κ1) is 24.1. The zero-order valence-electron chi connectivity index (χ0n) is 17.9. The molecular weight excluding hydrogens is 525 g/mol. The van der Waals surface area contributed by atoms with Gasteiger partial charge in [-0.1, -0.05) is 41.9 Å². The van der Waals surface area contributed by atoms with Crippen molar-refractivity contribution < 1.29 is 4.74 Å². The minimum absolute atomic E-state index is 0. The van der Waals surface area contributed by atoms with Crippen LogP contribution in [-0.4, -0.2) is 56.9 Å². The second kappa shape index (κ2) is 11.3. The summed E-state index contributed by atoms with van der Waals surface area (Å²) in [6.45, 7) is 4.21. The van der Waals surface area contributed by atoms with Gasteiger partial charge in [0.15, 0.2) is 5.96 Å². The maximum absolute atomic E-state index is 6.32. The van der Waals surface area contributed by atoms with Gasteiger partial charge in [0.25, 0.3) is 0 Å². The van der Waals surface area contributed by atoms with Crippen molar-refractivity contribution in [2.24, 2.45) is 4.99 Å². The van der Waals surface area contributed by atoms with Gasteiger partial charge in [-0.3, -0.25) is 4.99 Å². The van der Waals surface area contributed by atoms with E-state index in [4.69, 9.17) is 16.3 Å². The van der Waals surface area contributed by atoms with Gasteiger partial charge >= 0.3 is 0 Å². The van der Waals surface area contributed by atoms with Crippen LogP contribution in [0.5, 0.6) is 0 Å². The summed E-state index contributed by atoms with van der Waals surface area (Å²) in [5.41, 5.74) is 1.44. The summed E-state index contributed by atoms with van der Waals surface area (Å²) in [7, 11) is 1.83. The molecule has 1 aromatic carbocycles. The quantitative estimate of drug-likeness (QED) is 0.334. The molecule has 0 bridgehead atoms. The van der Waals surface area contributed by atoms with Gasteiger partial charge in [-0.2, -0.15) is 0 Å². The molecule has 2 saturated heterocycles. The van der Waals surface area contributed by atoms with Crippen molar-refractivity contribution in [2.45, 2.75) is 30.7 Å². The van der Waals surface area contributed by atoms with Gasteiger partial charge in [-0.25, -0.2) is 4.98 Å². The second-order valence-electron chi connectivity index (χ2n) is 8.07. The first-order valence-corrected chi connectivity index (χ1v) is 11.0. The highest BCUT2D eigenvalue weighted by Gasteiger charge is 2.35. The van der Waals surface area contributed by atoms with Crippen LogP contribution in [0.2, 0.25) is 5.02 Å². The number of pyridine rings is 1. The van der Waals surface area contributed by atoms with E-state index in [0.717, 1.165) is 63.9 Å². The van der Waals surface area contributed by atoms with E-state index in [1.54, 1.807) is 6.20 Å². The van der Waals surface area contributed by atoms with E-state index < -0.39 is 0 Å². The zero-order valence-corrected chi connectivity index (χ0v) is 21.0. The molecule has 0 aliphatic carbocycles. The zero-order chi connectivity index (χ0) is 20.8. The standard InChI is InChI=1S/C23H30ClN5O.HI/c1-25-22(28-19-9-13-29(16-19)21-20(24)8-5-12-26-21)27-17-23(10-14-30-15-11-23)18-6-3-2-4-7-18;/h2-8,12,19H,9-11,13-17H2,1H3,(H2,25,27,28);1H. The van der Waals surface area contributed by atoms with Crippen molar-refractivity contribution in [1.82, 2.24) is 15.6 Å². The van der Waals surface area contributed by atoms with Crippen molar-refractivity contribution >= 4 is 47.4 Å². The van der Waals surface area contributed by atoms with Gasteiger partial charge in [0.05, 0.1) is 5.02 Å². The number of nitrogens with zero attached hydrogens (tertiary/aromatic N) is 3. The van der Waals surface area contributed by atoms with Crippen molar-refractivity contribution in [2.75, 3.05) is 44.8 Å². The third-order valence-electron chi connectivity index (χ3n) is 6.22. The highest BCUT2D eigenvalue weighted by Crippen LogP contribution is 2.34. The van der Waals surface area contributed by atoms with Crippen molar-refractivity contribution in [3.05, 3.63) is 59.2 Å². The number of rotatable bonds is 5. The average molecular weight is 556 g/mol. The molecule has 6 nitrogen and oxygen atoms in total. The largest absolute Gasteiger partial charge is 0.381 e. The molecule has 2 aliphatic rings. The minimum atomic E-state index is 0. The number of ether oxygens (including phenoxy) is 1. The summed E-state index contributed by atoms with van der Waals surface area (Å²) in [5.74, 6) is 1.70. The lowest BCUT2D eigenvalue weighted by Gasteiger charge is -2.38. The van der Waals surface area contributed by atoms with Crippen LogP contribution < -0.4 is 15.5 Å². The van der Waals surface area contributed by atoms with Crippen LogP contribution in [0, 0.1) is 0 Å². The van der Waals surface area contributed by atoms with Crippen molar-refractivity contribution in [1.29, 1.82) is 0 Å². The number of aromatic nitrogens is 1. The third-order valence-corrected chi connectivity index (χ3v) is 6.52. The molecule has 0 radical (unpaired) electrons. The van der Waals surface area contributed by atoms with Crippen LogP contribution in [0.15, 0.2) is 53.7 Å². The minimum Gasteiger partial charge on any atom is -0.381 e. The number of benzene rings is 1. The molecule has 31 heavy (non-hydrogen) atoms. The first-order valence-electron chi connectivity index (χ1n) is 10.7. The molecule has 168 valence electrons. The Morgan fingerprint density at radius 2 is 2.00 bits per heavy atom. The molecule has 0 amide bonds. The second-order valence-corrected chi connectivity index (χ2v) is 8.48. The Morgan fingerprint density at radius 1 is 1.23 bits per heavy atom. The van der Waals surface area contributed by atoms with Gasteiger partial charge in [0.1, 0.15) is 5.82 Å². The lowest BCUT2D eigenvalue weighted by Crippen LogP contribution is -2.50. The molecule has 2 fully saturated rings. The fourth-order valence-corrected chi connectivity index (χ4v) is 4.68. The predicted octanol–water partition coefficient (Wildman–Crippen LogP) is 3.85. The van der Waals surface area contributed by atoms with E-state index in [1.807, 2.05) is 19.2 Å². The van der Waals surface area contributed by atoms with E-state index in [-0.39, 0.29) is 29.4 Å². The number of hydrogen-bond donors (Lipinski definition) is 2. The number of anilines is 1. The molecule has 4 rings (SSSR count). The number of guanidine groups is 1. The molecule has 8 heteroatoms. The lowest BCUT2D eigenvalue weighted by molar-refractivity contribution is 0.0513. The molecule has 0 spiro atoms. The Hall–Kier alpha value is -1.58.